The minimum atomic E-state index is -3.22. The highest BCUT2D eigenvalue weighted by Gasteiger charge is 2.05. The van der Waals surface area contributed by atoms with Crippen molar-refractivity contribution in [3.05, 3.63) is 59.7 Å². The molecule has 0 aromatic heterocycles. The van der Waals surface area contributed by atoms with Crippen LogP contribution in [0.15, 0.2) is 48.5 Å². The number of carboxylic acids is 1. The topological polar surface area (TPSA) is 83.5 Å². The van der Waals surface area contributed by atoms with Crippen molar-refractivity contribution in [2.24, 2.45) is 0 Å². The first kappa shape index (κ1) is 15.2. The number of sulfonamides is 1. The monoisotopic (exact) mass is 305 g/mol. The van der Waals surface area contributed by atoms with E-state index in [4.69, 9.17) is 5.11 Å². The molecule has 0 fully saturated rings. The first-order valence-corrected chi connectivity index (χ1v) is 8.11. The summed E-state index contributed by atoms with van der Waals surface area (Å²) in [6.45, 7) is 0.230. The van der Waals surface area contributed by atoms with Crippen LogP contribution < -0.4 is 4.72 Å². The molecule has 2 aromatic carbocycles. The van der Waals surface area contributed by atoms with Crippen LogP contribution in [-0.2, 0) is 16.6 Å². The average molecular weight is 305 g/mol. The van der Waals surface area contributed by atoms with Crippen molar-refractivity contribution in [3.63, 3.8) is 0 Å². The van der Waals surface area contributed by atoms with Crippen molar-refractivity contribution in [2.45, 2.75) is 6.54 Å². The van der Waals surface area contributed by atoms with E-state index in [-0.39, 0.29) is 12.1 Å². The quantitative estimate of drug-likeness (QED) is 0.886. The zero-order valence-electron chi connectivity index (χ0n) is 11.4. The number of carboxylic acid groups (broad SMARTS) is 1. The van der Waals surface area contributed by atoms with Gasteiger partial charge in [-0.1, -0.05) is 36.4 Å². The molecule has 0 saturated carbocycles. The lowest BCUT2D eigenvalue weighted by atomic mass is 10.0. The first-order chi connectivity index (χ1) is 9.85. The predicted molar refractivity (Wildman–Crippen MR) is 80.5 cm³/mol. The van der Waals surface area contributed by atoms with Gasteiger partial charge in [0, 0.05) is 6.54 Å². The third-order valence-corrected chi connectivity index (χ3v) is 3.60. The maximum Gasteiger partial charge on any atom is 0.335 e. The Morgan fingerprint density at radius 1 is 1.10 bits per heavy atom. The molecule has 0 spiro atoms. The lowest BCUT2D eigenvalue weighted by molar-refractivity contribution is 0.0697. The van der Waals surface area contributed by atoms with Crippen LogP contribution in [0.1, 0.15) is 15.9 Å². The summed E-state index contributed by atoms with van der Waals surface area (Å²) in [6.07, 6.45) is 1.11. The van der Waals surface area contributed by atoms with Crippen LogP contribution in [0.4, 0.5) is 0 Å². The molecule has 0 unspecified atom stereocenters. The summed E-state index contributed by atoms with van der Waals surface area (Å²) in [5.74, 6) is -0.967. The summed E-state index contributed by atoms with van der Waals surface area (Å²) in [4.78, 5) is 11.0. The number of rotatable bonds is 5. The van der Waals surface area contributed by atoms with Crippen molar-refractivity contribution >= 4 is 16.0 Å². The molecule has 0 radical (unpaired) electrons. The Morgan fingerprint density at radius 3 is 2.33 bits per heavy atom. The molecule has 0 heterocycles. The molecule has 0 bridgehead atoms. The Balaban J connectivity index is 2.19. The number of hydrogen-bond acceptors (Lipinski definition) is 3. The molecule has 0 aliphatic heterocycles. The molecule has 21 heavy (non-hydrogen) atoms. The highest BCUT2D eigenvalue weighted by molar-refractivity contribution is 7.88. The molecule has 0 aliphatic rings. The van der Waals surface area contributed by atoms with Crippen LogP contribution in [0, 0.1) is 0 Å². The van der Waals surface area contributed by atoms with Gasteiger partial charge in [-0.25, -0.2) is 17.9 Å². The van der Waals surface area contributed by atoms with Gasteiger partial charge >= 0.3 is 5.97 Å². The molecule has 0 atom stereocenters. The maximum absolute atomic E-state index is 11.0. The number of nitrogens with one attached hydrogen (secondary N) is 1. The number of aromatic carboxylic acids is 1. The SMILES string of the molecule is CS(=O)(=O)NCc1ccc(-c2cccc(C(=O)O)c2)cc1. The van der Waals surface area contributed by atoms with Gasteiger partial charge in [-0.2, -0.15) is 0 Å². The third-order valence-electron chi connectivity index (χ3n) is 2.94. The lowest BCUT2D eigenvalue weighted by Gasteiger charge is -2.06. The smallest absolute Gasteiger partial charge is 0.335 e. The Hall–Kier alpha value is -2.18. The second kappa shape index (κ2) is 6.07. The van der Waals surface area contributed by atoms with Gasteiger partial charge in [0.2, 0.25) is 10.0 Å². The zero-order chi connectivity index (χ0) is 15.5. The first-order valence-electron chi connectivity index (χ1n) is 6.22. The summed E-state index contributed by atoms with van der Waals surface area (Å²) in [7, 11) is -3.22. The van der Waals surface area contributed by atoms with Crippen molar-refractivity contribution in [1.29, 1.82) is 0 Å². The fourth-order valence-electron chi connectivity index (χ4n) is 1.86. The van der Waals surface area contributed by atoms with Crippen LogP contribution in [0.25, 0.3) is 11.1 Å². The molecule has 0 aliphatic carbocycles. The second-order valence-corrected chi connectivity index (χ2v) is 6.51. The molecule has 6 heteroatoms. The Labute approximate surface area is 123 Å². The second-order valence-electron chi connectivity index (χ2n) is 4.68. The van der Waals surface area contributed by atoms with Gasteiger partial charge in [0.15, 0.2) is 0 Å². The van der Waals surface area contributed by atoms with E-state index in [1.165, 1.54) is 6.07 Å². The largest absolute Gasteiger partial charge is 0.478 e. The number of carbonyl (C=O) groups is 1. The van der Waals surface area contributed by atoms with E-state index < -0.39 is 16.0 Å². The number of benzene rings is 2. The summed E-state index contributed by atoms with van der Waals surface area (Å²) >= 11 is 0. The Bertz CT molecular complexity index is 751. The van der Waals surface area contributed by atoms with E-state index in [0.717, 1.165) is 22.9 Å². The van der Waals surface area contributed by atoms with Crippen LogP contribution >= 0.6 is 0 Å². The normalized spacial score (nSPS) is 11.3. The molecular weight excluding hydrogens is 290 g/mol. The van der Waals surface area contributed by atoms with Crippen LogP contribution in [-0.4, -0.2) is 25.7 Å². The van der Waals surface area contributed by atoms with Crippen molar-refractivity contribution in [2.75, 3.05) is 6.26 Å². The van der Waals surface area contributed by atoms with Crippen LogP contribution in [0.5, 0.6) is 0 Å². The molecule has 110 valence electrons. The molecular formula is C15H15NO4S. The summed E-state index contributed by atoms with van der Waals surface area (Å²) in [5.41, 5.74) is 2.74. The molecule has 0 amide bonds. The third kappa shape index (κ3) is 4.40. The van der Waals surface area contributed by atoms with Crippen LogP contribution in [0.3, 0.4) is 0 Å². The maximum atomic E-state index is 11.0. The van der Waals surface area contributed by atoms with Gasteiger partial charge in [-0.05, 0) is 28.8 Å². The lowest BCUT2D eigenvalue weighted by Crippen LogP contribution is -2.21. The van der Waals surface area contributed by atoms with E-state index in [1.54, 1.807) is 24.3 Å². The van der Waals surface area contributed by atoms with E-state index in [2.05, 4.69) is 4.72 Å². The van der Waals surface area contributed by atoms with Gasteiger partial charge < -0.3 is 5.11 Å². The summed E-state index contributed by atoms with van der Waals surface area (Å²) < 4.78 is 24.5. The minimum absolute atomic E-state index is 0.230. The van der Waals surface area contributed by atoms with E-state index in [9.17, 15) is 13.2 Å². The highest BCUT2D eigenvalue weighted by Crippen LogP contribution is 2.21. The van der Waals surface area contributed by atoms with Crippen molar-refractivity contribution in [3.8, 4) is 11.1 Å². The van der Waals surface area contributed by atoms with Crippen molar-refractivity contribution in [1.82, 2.24) is 4.72 Å². The van der Waals surface area contributed by atoms with Gasteiger partial charge in [0.05, 0.1) is 11.8 Å². The summed E-state index contributed by atoms with van der Waals surface area (Å²) in [5, 5.41) is 8.98. The predicted octanol–water partition coefficient (Wildman–Crippen LogP) is 2.10. The fraction of sp³-hybridized carbons (Fsp3) is 0.133. The summed E-state index contributed by atoms with van der Waals surface area (Å²) in [6, 6.07) is 13.9. The van der Waals surface area contributed by atoms with Gasteiger partial charge in [0.1, 0.15) is 0 Å². The zero-order valence-corrected chi connectivity index (χ0v) is 12.2. The van der Waals surface area contributed by atoms with E-state index in [1.807, 2.05) is 18.2 Å². The minimum Gasteiger partial charge on any atom is -0.478 e. The average Bonchev–Trinajstić information content (AvgIpc) is 2.45. The van der Waals surface area contributed by atoms with Gasteiger partial charge in [-0.15, -0.1) is 0 Å². The molecule has 2 aromatic rings. The van der Waals surface area contributed by atoms with E-state index >= 15 is 0 Å². The molecule has 2 rings (SSSR count). The molecule has 0 saturated heterocycles. The Kier molecular flexibility index (Phi) is 4.40. The van der Waals surface area contributed by atoms with E-state index in [0.29, 0.717) is 0 Å². The van der Waals surface area contributed by atoms with Crippen molar-refractivity contribution < 1.29 is 18.3 Å². The molecule has 5 nitrogen and oxygen atoms in total. The molecule has 2 N–H and O–H groups in total. The fourth-order valence-corrected chi connectivity index (χ4v) is 2.29. The van der Waals surface area contributed by atoms with Gasteiger partial charge in [-0.3, -0.25) is 0 Å². The highest BCUT2D eigenvalue weighted by atomic mass is 32.2. The Morgan fingerprint density at radius 2 is 1.76 bits per heavy atom. The number of hydrogen-bond donors (Lipinski definition) is 2. The standard InChI is InChI=1S/C15H15NO4S/c1-21(19,20)16-10-11-5-7-12(8-6-11)13-3-2-4-14(9-13)15(17)18/h2-9,16H,10H2,1H3,(H,17,18). The van der Waals surface area contributed by atoms with Crippen LogP contribution in [0.2, 0.25) is 0 Å². The van der Waals surface area contributed by atoms with Gasteiger partial charge in [0.25, 0.3) is 0 Å².